The Morgan fingerprint density at radius 3 is 2.54 bits per heavy atom. The Morgan fingerprint density at radius 1 is 1.14 bits per heavy atom. The first kappa shape index (κ1) is 24.4. The number of hydrogen-bond donors (Lipinski definition) is 1. The number of carbonyl (C=O) groups is 1. The molecule has 1 saturated carbocycles. The molecule has 37 heavy (non-hydrogen) atoms. The van der Waals surface area contributed by atoms with Gasteiger partial charge in [-0.05, 0) is 43.7 Å². The Hall–Kier alpha value is -2.93. The molecule has 1 amide bonds. The Bertz CT molecular complexity index is 1290. The van der Waals surface area contributed by atoms with E-state index in [1.54, 1.807) is 4.90 Å². The summed E-state index contributed by atoms with van der Waals surface area (Å²) < 4.78 is 37.3. The number of aromatic nitrogens is 1. The minimum atomic E-state index is -0.847. The number of fused-ring (bicyclic) bond motifs is 3. The van der Waals surface area contributed by atoms with E-state index in [2.05, 4.69) is 16.8 Å². The van der Waals surface area contributed by atoms with Crippen LogP contribution in [-0.4, -0.2) is 53.0 Å². The van der Waals surface area contributed by atoms with Crippen molar-refractivity contribution in [2.24, 2.45) is 11.8 Å². The molecule has 2 aliphatic heterocycles. The lowest BCUT2D eigenvalue weighted by molar-refractivity contribution is -0.143. The molecular formula is C30H35F2N3O2. The van der Waals surface area contributed by atoms with Crippen LogP contribution in [0.3, 0.4) is 0 Å². The number of ether oxygens (including phenoxy) is 1. The molecule has 196 valence electrons. The van der Waals surface area contributed by atoms with Crippen LogP contribution in [0.4, 0.5) is 8.78 Å². The van der Waals surface area contributed by atoms with Crippen LogP contribution in [0.2, 0.25) is 0 Å². The van der Waals surface area contributed by atoms with Crippen LogP contribution in [0.25, 0.3) is 10.9 Å². The summed E-state index contributed by atoms with van der Waals surface area (Å²) >= 11 is 0. The number of aromatic amines is 1. The van der Waals surface area contributed by atoms with Gasteiger partial charge in [-0.1, -0.05) is 38.0 Å². The monoisotopic (exact) mass is 507 g/mol. The maximum absolute atomic E-state index is 15.8. The molecule has 1 saturated heterocycles. The Morgan fingerprint density at radius 2 is 1.86 bits per heavy atom. The van der Waals surface area contributed by atoms with Gasteiger partial charge in [0.15, 0.2) is 0 Å². The van der Waals surface area contributed by atoms with Crippen molar-refractivity contribution in [2.45, 2.75) is 58.0 Å². The lowest BCUT2D eigenvalue weighted by Gasteiger charge is -2.44. The van der Waals surface area contributed by atoms with Gasteiger partial charge in [0.2, 0.25) is 5.91 Å². The third-order valence-corrected chi connectivity index (χ3v) is 8.69. The van der Waals surface area contributed by atoms with E-state index < -0.39 is 17.7 Å². The van der Waals surface area contributed by atoms with Crippen LogP contribution < -0.4 is 4.74 Å². The van der Waals surface area contributed by atoms with Crippen LogP contribution in [0.1, 0.15) is 62.4 Å². The molecule has 1 N–H and O–H groups in total. The summed E-state index contributed by atoms with van der Waals surface area (Å²) in [5, 5.41) is 1.04. The molecule has 2 atom stereocenters. The highest BCUT2D eigenvalue weighted by molar-refractivity contribution is 5.87. The van der Waals surface area contributed by atoms with Crippen LogP contribution >= 0.6 is 0 Å². The molecule has 0 bridgehead atoms. The van der Waals surface area contributed by atoms with Gasteiger partial charge < -0.3 is 14.6 Å². The summed E-state index contributed by atoms with van der Waals surface area (Å²) in [4.78, 5) is 21.1. The maximum Gasteiger partial charge on any atom is 0.226 e. The van der Waals surface area contributed by atoms with E-state index in [4.69, 9.17) is 4.74 Å². The molecule has 3 aliphatic rings. The van der Waals surface area contributed by atoms with E-state index in [1.165, 1.54) is 18.6 Å². The molecule has 0 radical (unpaired) electrons. The predicted octanol–water partition coefficient (Wildman–Crippen LogP) is 5.83. The van der Waals surface area contributed by atoms with Crippen molar-refractivity contribution in [2.75, 3.05) is 26.2 Å². The summed E-state index contributed by atoms with van der Waals surface area (Å²) in [5.74, 6) is -0.512. The number of nitrogens with one attached hydrogen (secondary N) is 1. The van der Waals surface area contributed by atoms with Crippen molar-refractivity contribution < 1.29 is 18.3 Å². The van der Waals surface area contributed by atoms with Gasteiger partial charge in [0.25, 0.3) is 0 Å². The van der Waals surface area contributed by atoms with E-state index in [1.807, 2.05) is 31.2 Å². The number of amides is 1. The second-order valence-corrected chi connectivity index (χ2v) is 11.1. The summed E-state index contributed by atoms with van der Waals surface area (Å²) in [5.41, 5.74) is 2.57. The van der Waals surface area contributed by atoms with Crippen molar-refractivity contribution in [3.05, 3.63) is 64.9 Å². The summed E-state index contributed by atoms with van der Waals surface area (Å²) in [7, 11) is 0. The summed E-state index contributed by atoms with van der Waals surface area (Å²) in [6.07, 6.45) is 4.51. The summed E-state index contributed by atoms with van der Waals surface area (Å²) in [6.45, 7) is 7.41. The second kappa shape index (κ2) is 9.75. The molecule has 0 spiro atoms. The fourth-order valence-corrected chi connectivity index (χ4v) is 6.27. The van der Waals surface area contributed by atoms with Crippen molar-refractivity contribution in [3.8, 4) is 5.75 Å². The van der Waals surface area contributed by atoms with Gasteiger partial charge in [0.1, 0.15) is 30.0 Å². The number of benzene rings is 2. The fourth-order valence-electron chi connectivity index (χ4n) is 6.27. The largest absolute Gasteiger partial charge is 0.492 e. The topological polar surface area (TPSA) is 48.6 Å². The highest BCUT2D eigenvalue weighted by Crippen LogP contribution is 2.45. The first-order chi connectivity index (χ1) is 17.9. The van der Waals surface area contributed by atoms with Crippen LogP contribution in [0.5, 0.6) is 5.75 Å². The minimum Gasteiger partial charge on any atom is -0.492 e. The maximum atomic E-state index is 15.8. The number of likely N-dealkylation sites (tertiary alicyclic amines) is 1. The van der Waals surface area contributed by atoms with Crippen molar-refractivity contribution in [3.63, 3.8) is 0 Å². The van der Waals surface area contributed by atoms with Crippen molar-refractivity contribution in [1.29, 1.82) is 0 Å². The molecule has 7 heteroatoms. The number of halogens is 2. The Labute approximate surface area is 216 Å². The Kier molecular flexibility index (Phi) is 6.43. The molecular weight excluding hydrogens is 472 g/mol. The van der Waals surface area contributed by atoms with Gasteiger partial charge in [-0.15, -0.1) is 0 Å². The second-order valence-electron chi connectivity index (χ2n) is 11.1. The highest BCUT2D eigenvalue weighted by atomic mass is 19.1. The quantitative estimate of drug-likeness (QED) is 0.438. The van der Waals surface area contributed by atoms with E-state index in [0.29, 0.717) is 18.7 Å². The minimum absolute atomic E-state index is 0.00730. The average Bonchev–Trinajstić information content (AvgIpc) is 3.17. The molecule has 1 aliphatic carbocycles. The van der Waals surface area contributed by atoms with Crippen LogP contribution in [0, 0.1) is 23.5 Å². The normalized spacial score (nSPS) is 22.5. The molecule has 0 unspecified atom stereocenters. The van der Waals surface area contributed by atoms with Crippen molar-refractivity contribution >= 4 is 16.8 Å². The third kappa shape index (κ3) is 4.31. The van der Waals surface area contributed by atoms with Gasteiger partial charge in [-0.3, -0.25) is 9.69 Å². The van der Waals surface area contributed by atoms with E-state index in [-0.39, 0.29) is 29.2 Å². The van der Waals surface area contributed by atoms with Crippen molar-refractivity contribution in [1.82, 2.24) is 14.8 Å². The van der Waals surface area contributed by atoms with E-state index in [9.17, 15) is 4.79 Å². The molecule has 1 aromatic heterocycles. The number of hydrogen-bond acceptors (Lipinski definition) is 3. The van der Waals surface area contributed by atoms with Gasteiger partial charge in [-0.25, -0.2) is 8.78 Å². The van der Waals surface area contributed by atoms with Gasteiger partial charge in [0, 0.05) is 60.3 Å². The molecule has 2 fully saturated rings. The highest BCUT2D eigenvalue weighted by Gasteiger charge is 2.44. The molecule has 6 rings (SSSR count). The number of rotatable bonds is 7. The average molecular weight is 508 g/mol. The van der Waals surface area contributed by atoms with E-state index in [0.717, 1.165) is 61.3 Å². The van der Waals surface area contributed by atoms with E-state index >= 15 is 8.78 Å². The zero-order valence-corrected chi connectivity index (χ0v) is 21.6. The lowest BCUT2D eigenvalue weighted by atomic mass is 9.81. The summed E-state index contributed by atoms with van der Waals surface area (Å²) in [6, 6.07) is 9.44. The van der Waals surface area contributed by atoms with Crippen LogP contribution in [-0.2, 0) is 11.2 Å². The SMILES string of the molecule is CCC1CN(CCOc2cc(F)c([C@@H]3c4[nH]c5ccccc5c4C[C@@H](C)N3C(=O)C3CCC3)c(F)c2)C1. The van der Waals surface area contributed by atoms with Gasteiger partial charge >= 0.3 is 0 Å². The van der Waals surface area contributed by atoms with Crippen LogP contribution in [0.15, 0.2) is 36.4 Å². The number of para-hydroxylation sites is 1. The number of H-pyrrole nitrogens is 1. The first-order valence-electron chi connectivity index (χ1n) is 13.7. The Balaban J connectivity index is 1.33. The standard InChI is InChI=1S/C30H35F2N3O2/c1-3-19-16-34(17-19)11-12-37-21-14-24(31)27(25(32)15-21)29-28-23(22-9-4-5-10-26(22)33-28)13-18(2)35(29)30(36)20-7-6-8-20/h4-5,9-10,14-15,18-20,29,33H,3,6-8,11-13,16-17H2,1-2H3/t18-,29-/m1/s1. The predicted molar refractivity (Wildman–Crippen MR) is 140 cm³/mol. The smallest absolute Gasteiger partial charge is 0.226 e. The third-order valence-electron chi connectivity index (χ3n) is 8.69. The zero-order chi connectivity index (χ0) is 25.7. The van der Waals surface area contributed by atoms with Gasteiger partial charge in [0.05, 0.1) is 5.56 Å². The van der Waals surface area contributed by atoms with Gasteiger partial charge in [-0.2, -0.15) is 0 Å². The molecule has 5 nitrogen and oxygen atoms in total. The fraction of sp³-hybridized carbons (Fsp3) is 0.500. The molecule has 2 aromatic carbocycles. The number of nitrogens with zero attached hydrogens (tertiary/aromatic N) is 2. The first-order valence-corrected chi connectivity index (χ1v) is 13.7. The molecule has 3 heterocycles. The molecule has 3 aromatic rings. The lowest BCUT2D eigenvalue weighted by Crippen LogP contribution is -2.50. The zero-order valence-electron chi connectivity index (χ0n) is 21.6. The number of carbonyl (C=O) groups excluding carboxylic acids is 1.